The summed E-state index contributed by atoms with van der Waals surface area (Å²) in [4.78, 5) is 12.3. The second-order valence-corrected chi connectivity index (χ2v) is 6.08. The monoisotopic (exact) mass is 319 g/mol. The molecule has 1 unspecified atom stereocenters. The number of benzene rings is 2. The summed E-state index contributed by atoms with van der Waals surface area (Å²) in [5, 5.41) is 4.32. The molecule has 0 spiro atoms. The number of hydrogen-bond acceptors (Lipinski definition) is 2. The lowest BCUT2D eigenvalue weighted by atomic mass is 9.93. The molecule has 0 saturated carbocycles. The van der Waals surface area contributed by atoms with Crippen LogP contribution in [0.4, 0.5) is 5.69 Å². The molecule has 1 N–H and O–H groups in total. The minimum Gasteiger partial charge on any atom is -0.384 e. The van der Waals surface area contributed by atoms with Crippen molar-refractivity contribution in [2.24, 2.45) is 0 Å². The van der Waals surface area contributed by atoms with Crippen molar-refractivity contribution in [3.8, 4) is 0 Å². The molecule has 1 heterocycles. The fourth-order valence-corrected chi connectivity index (χ4v) is 3.17. The van der Waals surface area contributed by atoms with Crippen LogP contribution in [0.2, 0.25) is 10.0 Å². The van der Waals surface area contributed by atoms with Gasteiger partial charge in [-0.2, -0.15) is 0 Å². The Kier molecular flexibility index (Phi) is 4.18. The number of fused-ring (bicyclic) bond motifs is 1. The van der Waals surface area contributed by atoms with Gasteiger partial charge in [0, 0.05) is 31.0 Å². The standard InChI is InChI=1S/C17H15Cl2NO/c18-15-6-3-4-11(17(15)19)8-13(21)9-12-10-20-16-7-2-1-5-14(12)16/h1-7,12,20H,8-10H2. The predicted octanol–water partition coefficient (Wildman–Crippen LogP) is 4.70. The normalized spacial score (nSPS) is 16.4. The molecule has 0 aliphatic carbocycles. The first-order valence-electron chi connectivity index (χ1n) is 6.92. The molecule has 2 aromatic rings. The number of anilines is 1. The number of hydrogen-bond donors (Lipinski definition) is 1. The lowest BCUT2D eigenvalue weighted by Gasteiger charge is -2.10. The van der Waals surface area contributed by atoms with E-state index in [9.17, 15) is 4.79 Å². The van der Waals surface area contributed by atoms with Crippen LogP contribution in [0.3, 0.4) is 0 Å². The minimum atomic E-state index is 0.183. The van der Waals surface area contributed by atoms with Gasteiger partial charge < -0.3 is 5.32 Å². The van der Waals surface area contributed by atoms with Gasteiger partial charge in [-0.05, 0) is 23.3 Å². The molecule has 0 saturated heterocycles. The number of Topliss-reactive ketones (excluding diaryl/α,β-unsaturated/α-hetero) is 1. The van der Waals surface area contributed by atoms with Gasteiger partial charge in [0.25, 0.3) is 0 Å². The Bertz CT molecular complexity index is 684. The van der Waals surface area contributed by atoms with E-state index in [1.165, 1.54) is 5.56 Å². The van der Waals surface area contributed by atoms with Crippen LogP contribution in [0.25, 0.3) is 0 Å². The van der Waals surface area contributed by atoms with Gasteiger partial charge in [0.15, 0.2) is 0 Å². The summed E-state index contributed by atoms with van der Waals surface area (Å²) in [6, 6.07) is 13.6. The largest absolute Gasteiger partial charge is 0.384 e. The molecule has 2 aromatic carbocycles. The lowest BCUT2D eigenvalue weighted by Crippen LogP contribution is -2.11. The first kappa shape index (κ1) is 14.4. The van der Waals surface area contributed by atoms with E-state index in [0.29, 0.717) is 22.9 Å². The van der Waals surface area contributed by atoms with Crippen molar-refractivity contribution >= 4 is 34.7 Å². The first-order valence-corrected chi connectivity index (χ1v) is 7.68. The topological polar surface area (TPSA) is 29.1 Å². The van der Waals surface area contributed by atoms with E-state index in [1.54, 1.807) is 6.07 Å². The highest BCUT2D eigenvalue weighted by atomic mass is 35.5. The first-order chi connectivity index (χ1) is 10.1. The third-order valence-electron chi connectivity index (χ3n) is 3.83. The Hall–Kier alpha value is -1.51. The van der Waals surface area contributed by atoms with Crippen molar-refractivity contribution in [1.29, 1.82) is 0 Å². The van der Waals surface area contributed by atoms with Crippen LogP contribution in [0.1, 0.15) is 23.5 Å². The van der Waals surface area contributed by atoms with Gasteiger partial charge >= 0.3 is 0 Å². The van der Waals surface area contributed by atoms with E-state index in [4.69, 9.17) is 23.2 Å². The van der Waals surface area contributed by atoms with E-state index < -0.39 is 0 Å². The zero-order valence-corrected chi connectivity index (χ0v) is 12.9. The second kappa shape index (κ2) is 6.08. The number of halogens is 2. The molecule has 1 atom stereocenters. The molecule has 2 nitrogen and oxygen atoms in total. The molecule has 1 aliphatic heterocycles. The fraction of sp³-hybridized carbons (Fsp3) is 0.235. The van der Waals surface area contributed by atoms with Gasteiger partial charge in [-0.25, -0.2) is 0 Å². The molecular formula is C17H15Cl2NO. The van der Waals surface area contributed by atoms with Crippen molar-refractivity contribution in [2.45, 2.75) is 18.8 Å². The quantitative estimate of drug-likeness (QED) is 0.884. The zero-order chi connectivity index (χ0) is 14.8. The van der Waals surface area contributed by atoms with Crippen LogP contribution in [0.15, 0.2) is 42.5 Å². The number of carbonyl (C=O) groups is 1. The van der Waals surface area contributed by atoms with E-state index in [-0.39, 0.29) is 11.7 Å². The van der Waals surface area contributed by atoms with Gasteiger partial charge in [-0.3, -0.25) is 4.79 Å². The fourth-order valence-electron chi connectivity index (χ4n) is 2.78. The summed E-state index contributed by atoms with van der Waals surface area (Å²) in [5.74, 6) is 0.425. The molecule has 0 amide bonds. The van der Waals surface area contributed by atoms with Crippen LogP contribution in [0, 0.1) is 0 Å². The lowest BCUT2D eigenvalue weighted by molar-refractivity contribution is -0.118. The number of carbonyl (C=O) groups excluding carboxylic acids is 1. The van der Waals surface area contributed by atoms with Crippen molar-refractivity contribution in [2.75, 3.05) is 11.9 Å². The molecule has 0 fully saturated rings. The van der Waals surface area contributed by atoms with E-state index in [2.05, 4.69) is 11.4 Å². The highest BCUT2D eigenvalue weighted by Gasteiger charge is 2.24. The average molecular weight is 320 g/mol. The molecule has 21 heavy (non-hydrogen) atoms. The van der Waals surface area contributed by atoms with E-state index in [0.717, 1.165) is 17.8 Å². The van der Waals surface area contributed by atoms with Gasteiger partial charge in [0.1, 0.15) is 5.78 Å². The van der Waals surface area contributed by atoms with Crippen LogP contribution in [0.5, 0.6) is 0 Å². The Morgan fingerprint density at radius 1 is 1.14 bits per heavy atom. The molecule has 3 rings (SSSR count). The van der Waals surface area contributed by atoms with Crippen molar-refractivity contribution in [3.63, 3.8) is 0 Å². The molecule has 4 heteroatoms. The summed E-state index contributed by atoms with van der Waals surface area (Å²) in [6.07, 6.45) is 0.852. The van der Waals surface area contributed by atoms with Crippen LogP contribution in [-0.2, 0) is 11.2 Å². The molecule has 0 radical (unpaired) electrons. The zero-order valence-electron chi connectivity index (χ0n) is 11.4. The number of ketones is 1. The number of para-hydroxylation sites is 1. The summed E-state index contributed by atoms with van der Waals surface area (Å²) in [7, 11) is 0. The average Bonchev–Trinajstić information content (AvgIpc) is 2.87. The molecular weight excluding hydrogens is 305 g/mol. The maximum Gasteiger partial charge on any atom is 0.138 e. The molecule has 108 valence electrons. The smallest absolute Gasteiger partial charge is 0.138 e. The molecule has 1 aliphatic rings. The predicted molar refractivity (Wildman–Crippen MR) is 87.5 cm³/mol. The molecule has 0 bridgehead atoms. The maximum atomic E-state index is 12.3. The summed E-state index contributed by atoms with van der Waals surface area (Å²) >= 11 is 12.1. The maximum absolute atomic E-state index is 12.3. The van der Waals surface area contributed by atoms with Crippen molar-refractivity contribution < 1.29 is 4.79 Å². The van der Waals surface area contributed by atoms with E-state index >= 15 is 0 Å². The third kappa shape index (κ3) is 3.07. The Morgan fingerprint density at radius 3 is 2.81 bits per heavy atom. The highest BCUT2D eigenvalue weighted by Crippen LogP contribution is 2.34. The van der Waals surface area contributed by atoms with Crippen LogP contribution < -0.4 is 5.32 Å². The van der Waals surface area contributed by atoms with Gasteiger partial charge in [0.05, 0.1) is 10.0 Å². The number of nitrogens with one attached hydrogen (secondary N) is 1. The third-order valence-corrected chi connectivity index (χ3v) is 4.69. The van der Waals surface area contributed by atoms with Gasteiger partial charge in [0.2, 0.25) is 0 Å². The van der Waals surface area contributed by atoms with E-state index in [1.807, 2.05) is 30.3 Å². The van der Waals surface area contributed by atoms with Crippen LogP contribution in [-0.4, -0.2) is 12.3 Å². The Balaban J connectivity index is 1.69. The summed E-state index contributed by atoms with van der Waals surface area (Å²) in [5.41, 5.74) is 3.16. The highest BCUT2D eigenvalue weighted by molar-refractivity contribution is 6.42. The molecule has 0 aromatic heterocycles. The van der Waals surface area contributed by atoms with Crippen molar-refractivity contribution in [1.82, 2.24) is 0 Å². The summed E-state index contributed by atoms with van der Waals surface area (Å²) in [6.45, 7) is 0.814. The number of rotatable bonds is 4. The van der Waals surface area contributed by atoms with Gasteiger partial charge in [-0.1, -0.05) is 53.5 Å². The Labute approximate surface area is 134 Å². The Morgan fingerprint density at radius 2 is 1.95 bits per heavy atom. The summed E-state index contributed by atoms with van der Waals surface area (Å²) < 4.78 is 0. The minimum absolute atomic E-state index is 0.183. The second-order valence-electron chi connectivity index (χ2n) is 5.30. The van der Waals surface area contributed by atoms with Gasteiger partial charge in [-0.15, -0.1) is 0 Å². The van der Waals surface area contributed by atoms with Crippen LogP contribution >= 0.6 is 23.2 Å². The van der Waals surface area contributed by atoms with Crippen molar-refractivity contribution in [3.05, 3.63) is 63.6 Å². The SMILES string of the molecule is O=C(Cc1cccc(Cl)c1Cl)CC1CNc2ccccc21.